The summed E-state index contributed by atoms with van der Waals surface area (Å²) >= 11 is 2.81. The van der Waals surface area contributed by atoms with E-state index in [0.717, 1.165) is 41.6 Å². The normalized spacial score (nSPS) is 15.5. The van der Waals surface area contributed by atoms with E-state index in [9.17, 15) is 9.59 Å². The number of hydrogen-bond donors (Lipinski definition) is 2. The summed E-state index contributed by atoms with van der Waals surface area (Å²) in [5, 5.41) is 4.19. The largest absolute Gasteiger partial charge is 0.497 e. The Bertz CT molecular complexity index is 1120. The fourth-order valence-corrected chi connectivity index (χ4v) is 5.82. The van der Waals surface area contributed by atoms with E-state index in [1.165, 1.54) is 28.0 Å². The number of carbonyl (C=O) groups excluding carboxylic acids is 2. The highest BCUT2D eigenvalue weighted by Crippen LogP contribution is 2.40. The Hall–Kier alpha value is -2.52. The van der Waals surface area contributed by atoms with Crippen LogP contribution in [-0.4, -0.2) is 41.3 Å². The van der Waals surface area contributed by atoms with Gasteiger partial charge in [0.15, 0.2) is 5.16 Å². The first-order valence-electron chi connectivity index (χ1n) is 10.3. The molecule has 31 heavy (non-hydrogen) atoms. The van der Waals surface area contributed by atoms with Crippen LogP contribution in [0.2, 0.25) is 0 Å². The molecule has 1 aromatic carbocycles. The van der Waals surface area contributed by atoms with E-state index in [2.05, 4.69) is 22.2 Å². The van der Waals surface area contributed by atoms with Gasteiger partial charge in [-0.2, -0.15) is 0 Å². The van der Waals surface area contributed by atoms with Crippen molar-refractivity contribution in [3.8, 4) is 5.75 Å². The monoisotopic (exact) mass is 459 g/mol. The summed E-state index contributed by atoms with van der Waals surface area (Å²) < 4.78 is 10.5. The Morgan fingerprint density at radius 3 is 3.00 bits per heavy atom. The minimum Gasteiger partial charge on any atom is -0.497 e. The highest BCUT2D eigenvalue weighted by Gasteiger charge is 2.29. The van der Waals surface area contributed by atoms with E-state index in [4.69, 9.17) is 9.47 Å². The van der Waals surface area contributed by atoms with E-state index in [-0.39, 0.29) is 17.6 Å². The van der Waals surface area contributed by atoms with Crippen LogP contribution in [-0.2, 0) is 22.4 Å². The number of methoxy groups -OCH3 is 1. The second kappa shape index (κ2) is 9.32. The summed E-state index contributed by atoms with van der Waals surface area (Å²) in [7, 11) is 1.62. The number of H-pyrrole nitrogens is 1. The number of amides is 1. The maximum Gasteiger partial charge on any atom is 0.341 e. The molecule has 2 aromatic heterocycles. The van der Waals surface area contributed by atoms with Crippen LogP contribution in [0.4, 0.5) is 5.00 Å². The van der Waals surface area contributed by atoms with Gasteiger partial charge in [0.1, 0.15) is 10.8 Å². The van der Waals surface area contributed by atoms with E-state index >= 15 is 0 Å². The number of aromatic nitrogens is 2. The average molecular weight is 460 g/mol. The van der Waals surface area contributed by atoms with Gasteiger partial charge in [0.2, 0.25) is 5.91 Å². The van der Waals surface area contributed by atoms with Crippen molar-refractivity contribution < 1.29 is 19.1 Å². The van der Waals surface area contributed by atoms with Gasteiger partial charge in [0.25, 0.3) is 0 Å². The van der Waals surface area contributed by atoms with Crippen LogP contribution in [0, 0.1) is 5.92 Å². The highest BCUT2D eigenvalue weighted by molar-refractivity contribution is 7.99. The molecule has 164 valence electrons. The number of anilines is 1. The second-order valence-electron chi connectivity index (χ2n) is 7.54. The molecule has 9 heteroatoms. The minimum atomic E-state index is -0.358. The zero-order valence-electron chi connectivity index (χ0n) is 17.7. The molecule has 0 radical (unpaired) electrons. The molecular formula is C22H25N3O4S2. The molecule has 3 aromatic rings. The third-order valence-corrected chi connectivity index (χ3v) is 7.29. The number of imidazole rings is 1. The predicted octanol–water partition coefficient (Wildman–Crippen LogP) is 4.67. The summed E-state index contributed by atoms with van der Waals surface area (Å²) in [4.78, 5) is 34.1. The lowest BCUT2D eigenvalue weighted by atomic mass is 9.88. The highest BCUT2D eigenvalue weighted by atomic mass is 32.2. The lowest BCUT2D eigenvalue weighted by Crippen LogP contribution is -2.17. The summed E-state index contributed by atoms with van der Waals surface area (Å²) in [5.74, 6) is 0.960. The number of carbonyl (C=O) groups is 2. The molecule has 1 aliphatic rings. The summed E-state index contributed by atoms with van der Waals surface area (Å²) in [5.41, 5.74) is 3.24. The molecule has 0 aliphatic heterocycles. The quantitative estimate of drug-likeness (QED) is 0.394. The molecule has 1 amide bonds. The average Bonchev–Trinajstić information content (AvgIpc) is 3.31. The molecular weight excluding hydrogens is 434 g/mol. The first-order valence-corrected chi connectivity index (χ1v) is 12.1. The topological polar surface area (TPSA) is 93.3 Å². The molecule has 2 heterocycles. The lowest BCUT2D eigenvalue weighted by molar-refractivity contribution is -0.113. The number of aromatic amines is 1. The van der Waals surface area contributed by atoms with Crippen LogP contribution in [0.3, 0.4) is 0 Å². The van der Waals surface area contributed by atoms with Crippen LogP contribution in [0.15, 0.2) is 23.4 Å². The maximum absolute atomic E-state index is 12.7. The Kier molecular flexibility index (Phi) is 6.52. The number of thiophene rings is 1. The Labute approximate surface area is 188 Å². The van der Waals surface area contributed by atoms with Crippen LogP contribution in [0.1, 0.15) is 41.1 Å². The molecule has 1 atom stereocenters. The molecule has 0 saturated carbocycles. The van der Waals surface area contributed by atoms with Gasteiger partial charge in [-0.1, -0.05) is 18.7 Å². The number of benzene rings is 1. The molecule has 0 unspecified atom stereocenters. The van der Waals surface area contributed by atoms with Crippen LogP contribution in [0.25, 0.3) is 11.0 Å². The Balaban J connectivity index is 1.47. The van der Waals surface area contributed by atoms with E-state index in [0.29, 0.717) is 28.2 Å². The number of rotatable bonds is 7. The van der Waals surface area contributed by atoms with Crippen molar-refractivity contribution in [2.45, 2.75) is 38.3 Å². The number of esters is 1. The number of nitrogens with zero attached hydrogens (tertiary/aromatic N) is 1. The van der Waals surface area contributed by atoms with Gasteiger partial charge < -0.3 is 19.8 Å². The van der Waals surface area contributed by atoms with E-state index in [1.807, 2.05) is 18.2 Å². The van der Waals surface area contributed by atoms with Gasteiger partial charge in [-0.3, -0.25) is 4.79 Å². The SMILES string of the molecule is CCOC(=O)c1c(NC(=O)CSc2nc3ccc(OC)cc3[nH]2)sc2c1CC[C@@H](C)C2. The van der Waals surface area contributed by atoms with Crippen molar-refractivity contribution in [2.24, 2.45) is 5.92 Å². The molecule has 7 nitrogen and oxygen atoms in total. The fourth-order valence-electron chi connectivity index (χ4n) is 3.72. The standard InChI is InChI=1S/C22H25N3O4S2/c1-4-29-21(27)19-14-7-5-12(2)9-17(14)31-20(19)25-18(26)11-30-22-23-15-8-6-13(28-3)10-16(15)24-22/h6,8,10,12H,4-5,7,9,11H2,1-3H3,(H,23,24)(H,25,26)/t12-/m1/s1. The number of thioether (sulfide) groups is 1. The maximum atomic E-state index is 12.7. The fraction of sp³-hybridized carbons (Fsp3) is 0.409. The first-order chi connectivity index (χ1) is 15.0. The number of fused-ring (bicyclic) bond motifs is 2. The molecule has 0 spiro atoms. The lowest BCUT2D eigenvalue weighted by Gasteiger charge is -2.18. The summed E-state index contributed by atoms with van der Waals surface area (Å²) in [6.07, 6.45) is 2.81. The van der Waals surface area contributed by atoms with Gasteiger partial charge in [-0.05, 0) is 49.8 Å². The summed E-state index contributed by atoms with van der Waals surface area (Å²) in [6, 6.07) is 5.59. The smallest absolute Gasteiger partial charge is 0.341 e. The number of hydrogen-bond acceptors (Lipinski definition) is 7. The molecule has 0 saturated heterocycles. The Morgan fingerprint density at radius 1 is 1.39 bits per heavy atom. The molecule has 1 aliphatic carbocycles. The van der Waals surface area contributed by atoms with Crippen LogP contribution < -0.4 is 10.1 Å². The number of nitrogens with one attached hydrogen (secondary N) is 2. The van der Waals surface area contributed by atoms with Gasteiger partial charge in [-0.15, -0.1) is 11.3 Å². The van der Waals surface area contributed by atoms with Crippen molar-refractivity contribution in [2.75, 3.05) is 24.8 Å². The van der Waals surface area contributed by atoms with Gasteiger partial charge in [0.05, 0.1) is 36.1 Å². The van der Waals surface area contributed by atoms with Crippen LogP contribution in [0.5, 0.6) is 5.75 Å². The predicted molar refractivity (Wildman–Crippen MR) is 123 cm³/mol. The van der Waals surface area contributed by atoms with Crippen molar-refractivity contribution in [3.63, 3.8) is 0 Å². The number of ether oxygens (including phenoxy) is 2. The first kappa shape index (κ1) is 21.7. The van der Waals surface area contributed by atoms with Gasteiger partial charge in [-0.25, -0.2) is 9.78 Å². The molecule has 0 bridgehead atoms. The summed E-state index contributed by atoms with van der Waals surface area (Å²) in [6.45, 7) is 4.31. The molecule has 2 N–H and O–H groups in total. The third-order valence-electron chi connectivity index (χ3n) is 5.25. The van der Waals surface area contributed by atoms with Gasteiger partial charge >= 0.3 is 5.97 Å². The molecule has 4 rings (SSSR count). The third kappa shape index (κ3) is 4.72. The minimum absolute atomic E-state index is 0.179. The zero-order valence-corrected chi connectivity index (χ0v) is 19.4. The van der Waals surface area contributed by atoms with E-state index in [1.54, 1.807) is 14.0 Å². The molecule has 0 fully saturated rings. The Morgan fingerprint density at radius 2 is 2.23 bits per heavy atom. The van der Waals surface area contributed by atoms with Crippen molar-refractivity contribution in [1.29, 1.82) is 0 Å². The zero-order chi connectivity index (χ0) is 22.0. The van der Waals surface area contributed by atoms with Gasteiger partial charge in [0, 0.05) is 10.9 Å². The van der Waals surface area contributed by atoms with Crippen molar-refractivity contribution in [3.05, 3.63) is 34.2 Å². The second-order valence-corrected chi connectivity index (χ2v) is 9.61. The van der Waals surface area contributed by atoms with Crippen LogP contribution >= 0.6 is 23.1 Å². The van der Waals surface area contributed by atoms with E-state index < -0.39 is 0 Å². The van der Waals surface area contributed by atoms with Crippen molar-refractivity contribution >= 4 is 51.0 Å². The van der Waals surface area contributed by atoms with Crippen molar-refractivity contribution in [1.82, 2.24) is 9.97 Å².